The Morgan fingerprint density at radius 3 is 2.75 bits per heavy atom. The summed E-state index contributed by atoms with van der Waals surface area (Å²) in [4.78, 5) is 14.2. The third-order valence-corrected chi connectivity index (χ3v) is 2.58. The van der Waals surface area contributed by atoms with Gasteiger partial charge in [0.2, 0.25) is 6.79 Å². The molecule has 0 fully saturated rings. The lowest BCUT2D eigenvalue weighted by Crippen LogP contribution is -2.11. The number of aliphatic hydroxyl groups excluding tert-OH is 1. The fourth-order valence-electron chi connectivity index (χ4n) is 1.76. The van der Waals surface area contributed by atoms with E-state index in [1.165, 1.54) is 0 Å². The molecule has 3 rings (SSSR count). The topological polar surface area (TPSA) is 71.6 Å². The Kier molecular flexibility index (Phi) is 1.87. The van der Waals surface area contributed by atoms with Crippen LogP contribution in [0.15, 0.2) is 23.0 Å². The fourth-order valence-corrected chi connectivity index (χ4v) is 1.76. The van der Waals surface area contributed by atoms with E-state index in [9.17, 15) is 4.79 Å². The highest BCUT2D eigenvalue weighted by Gasteiger charge is 2.14. The molecule has 5 nitrogen and oxygen atoms in total. The van der Waals surface area contributed by atoms with Crippen LogP contribution in [0.3, 0.4) is 0 Å². The highest BCUT2D eigenvalue weighted by molar-refractivity contribution is 5.83. The van der Waals surface area contributed by atoms with E-state index in [2.05, 4.69) is 4.98 Å². The van der Waals surface area contributed by atoms with Crippen LogP contribution in [0.5, 0.6) is 11.5 Å². The molecule has 1 aromatic heterocycles. The smallest absolute Gasteiger partial charge is 0.253 e. The van der Waals surface area contributed by atoms with E-state index >= 15 is 0 Å². The molecule has 2 N–H and O–H groups in total. The molecule has 1 aromatic carbocycles. The maximum absolute atomic E-state index is 11.5. The Morgan fingerprint density at radius 1 is 1.25 bits per heavy atom. The van der Waals surface area contributed by atoms with Crippen LogP contribution in [0.1, 0.15) is 5.56 Å². The summed E-state index contributed by atoms with van der Waals surface area (Å²) in [5, 5.41) is 9.81. The number of fused-ring (bicyclic) bond motifs is 2. The highest BCUT2D eigenvalue weighted by atomic mass is 16.7. The van der Waals surface area contributed by atoms with E-state index in [4.69, 9.17) is 14.6 Å². The van der Waals surface area contributed by atoms with Crippen molar-refractivity contribution in [2.45, 2.75) is 6.61 Å². The molecular weight excluding hydrogens is 210 g/mol. The fraction of sp³-hybridized carbons (Fsp3) is 0.182. The summed E-state index contributed by atoms with van der Waals surface area (Å²) in [7, 11) is 0. The van der Waals surface area contributed by atoms with Crippen molar-refractivity contribution in [1.29, 1.82) is 0 Å². The molecule has 1 aliphatic heterocycles. The van der Waals surface area contributed by atoms with Crippen molar-refractivity contribution in [3.8, 4) is 11.5 Å². The molecule has 2 aromatic rings. The number of aromatic nitrogens is 1. The molecule has 0 saturated heterocycles. The predicted octanol–water partition coefficient (Wildman–Crippen LogP) is 0.749. The quantitative estimate of drug-likeness (QED) is 0.742. The summed E-state index contributed by atoms with van der Waals surface area (Å²) >= 11 is 0. The second-order valence-electron chi connectivity index (χ2n) is 3.57. The van der Waals surface area contributed by atoms with E-state index < -0.39 is 0 Å². The third-order valence-electron chi connectivity index (χ3n) is 2.58. The minimum absolute atomic E-state index is 0.197. The van der Waals surface area contributed by atoms with Gasteiger partial charge in [0.25, 0.3) is 5.56 Å². The SMILES string of the molecule is O=c1[nH]c2cc3c(cc2cc1CO)OCO3. The minimum Gasteiger partial charge on any atom is -0.454 e. The van der Waals surface area contributed by atoms with Crippen molar-refractivity contribution < 1.29 is 14.6 Å². The lowest BCUT2D eigenvalue weighted by Gasteiger charge is -2.02. The molecule has 0 spiro atoms. The van der Waals surface area contributed by atoms with E-state index in [1.54, 1.807) is 18.2 Å². The average molecular weight is 219 g/mol. The standard InChI is InChI=1S/C11H9NO4/c13-4-7-1-6-2-9-10(16-5-15-9)3-8(6)12-11(7)14/h1-3,13H,4-5H2,(H,12,14). The predicted molar refractivity (Wildman–Crippen MR) is 56.6 cm³/mol. The van der Waals surface area contributed by atoms with E-state index in [-0.39, 0.29) is 19.0 Å². The largest absolute Gasteiger partial charge is 0.454 e. The van der Waals surface area contributed by atoms with Crippen LogP contribution in [0, 0.1) is 0 Å². The maximum atomic E-state index is 11.5. The molecule has 0 bridgehead atoms. The summed E-state index contributed by atoms with van der Waals surface area (Å²) in [6.07, 6.45) is 0. The Morgan fingerprint density at radius 2 is 2.00 bits per heavy atom. The second kappa shape index (κ2) is 3.24. The molecule has 0 radical (unpaired) electrons. The summed E-state index contributed by atoms with van der Waals surface area (Å²) in [5.41, 5.74) is 0.728. The number of hydrogen-bond acceptors (Lipinski definition) is 4. The zero-order valence-electron chi connectivity index (χ0n) is 8.32. The molecule has 2 heterocycles. The van der Waals surface area contributed by atoms with Crippen LogP contribution in [0.4, 0.5) is 0 Å². The first kappa shape index (κ1) is 9.23. The molecule has 5 heteroatoms. The first-order valence-corrected chi connectivity index (χ1v) is 4.84. The van der Waals surface area contributed by atoms with Gasteiger partial charge in [-0.05, 0) is 12.1 Å². The van der Waals surface area contributed by atoms with Gasteiger partial charge in [-0.2, -0.15) is 0 Å². The number of benzene rings is 1. The molecule has 0 atom stereocenters. The van der Waals surface area contributed by atoms with Crippen LogP contribution in [0.25, 0.3) is 10.9 Å². The number of hydrogen-bond donors (Lipinski definition) is 2. The summed E-state index contributed by atoms with van der Waals surface area (Å²) in [5.74, 6) is 1.28. The van der Waals surface area contributed by atoms with Crippen LogP contribution in [-0.2, 0) is 6.61 Å². The van der Waals surface area contributed by atoms with Gasteiger partial charge in [-0.25, -0.2) is 0 Å². The molecule has 0 saturated carbocycles. The van der Waals surface area contributed by atoms with Gasteiger partial charge >= 0.3 is 0 Å². The van der Waals surface area contributed by atoms with Crippen molar-refractivity contribution in [2.75, 3.05) is 6.79 Å². The van der Waals surface area contributed by atoms with Gasteiger partial charge in [-0.1, -0.05) is 0 Å². The second-order valence-corrected chi connectivity index (χ2v) is 3.57. The molecule has 82 valence electrons. The average Bonchev–Trinajstić information content (AvgIpc) is 2.72. The molecule has 0 aliphatic carbocycles. The molecular formula is C11H9NO4. The van der Waals surface area contributed by atoms with Crippen molar-refractivity contribution in [2.24, 2.45) is 0 Å². The third kappa shape index (κ3) is 1.25. The van der Waals surface area contributed by atoms with Gasteiger partial charge in [0.05, 0.1) is 12.1 Å². The number of rotatable bonds is 1. The number of aliphatic hydroxyl groups is 1. The van der Waals surface area contributed by atoms with E-state index in [0.29, 0.717) is 22.6 Å². The van der Waals surface area contributed by atoms with Crippen LogP contribution >= 0.6 is 0 Å². The van der Waals surface area contributed by atoms with Crippen molar-refractivity contribution in [3.05, 3.63) is 34.1 Å². The minimum atomic E-state index is -0.283. The van der Waals surface area contributed by atoms with Crippen molar-refractivity contribution >= 4 is 10.9 Å². The Hall–Kier alpha value is -2.01. The number of nitrogens with one attached hydrogen (secondary N) is 1. The summed E-state index contributed by atoms with van der Waals surface area (Å²) < 4.78 is 10.4. The van der Waals surface area contributed by atoms with Gasteiger partial charge in [0.1, 0.15) is 0 Å². The van der Waals surface area contributed by atoms with E-state index in [1.807, 2.05) is 0 Å². The first-order valence-electron chi connectivity index (χ1n) is 4.84. The zero-order valence-corrected chi connectivity index (χ0v) is 8.32. The lowest BCUT2D eigenvalue weighted by molar-refractivity contribution is 0.174. The summed E-state index contributed by atoms with van der Waals surface area (Å²) in [6, 6.07) is 5.16. The number of pyridine rings is 1. The number of aromatic amines is 1. The van der Waals surface area contributed by atoms with Crippen LogP contribution in [-0.4, -0.2) is 16.9 Å². The molecule has 1 aliphatic rings. The summed E-state index contributed by atoms with van der Waals surface area (Å²) in [6.45, 7) is -0.0809. The van der Waals surface area contributed by atoms with Crippen molar-refractivity contribution in [3.63, 3.8) is 0 Å². The Labute approximate surface area is 90.2 Å². The molecule has 0 unspecified atom stereocenters. The van der Waals surface area contributed by atoms with Crippen molar-refractivity contribution in [1.82, 2.24) is 4.98 Å². The molecule has 0 amide bonds. The van der Waals surface area contributed by atoms with Crippen LogP contribution in [0.2, 0.25) is 0 Å². The first-order chi connectivity index (χ1) is 7.78. The zero-order chi connectivity index (χ0) is 11.1. The number of H-pyrrole nitrogens is 1. The van der Waals surface area contributed by atoms with Gasteiger partial charge < -0.3 is 19.6 Å². The highest BCUT2D eigenvalue weighted by Crippen LogP contribution is 2.35. The Balaban J connectivity index is 2.32. The van der Waals surface area contributed by atoms with E-state index in [0.717, 1.165) is 5.39 Å². The maximum Gasteiger partial charge on any atom is 0.253 e. The number of ether oxygens (including phenoxy) is 2. The van der Waals surface area contributed by atoms with Gasteiger partial charge in [-0.15, -0.1) is 0 Å². The van der Waals surface area contributed by atoms with Gasteiger partial charge in [0, 0.05) is 17.0 Å². The van der Waals surface area contributed by atoms with Crippen LogP contribution < -0.4 is 15.0 Å². The Bertz CT molecular complexity index is 617. The van der Waals surface area contributed by atoms with Gasteiger partial charge in [-0.3, -0.25) is 4.79 Å². The lowest BCUT2D eigenvalue weighted by atomic mass is 10.1. The van der Waals surface area contributed by atoms with Gasteiger partial charge in [0.15, 0.2) is 11.5 Å². The normalized spacial score (nSPS) is 13.3. The molecule has 16 heavy (non-hydrogen) atoms. The monoisotopic (exact) mass is 219 g/mol.